The van der Waals surface area contributed by atoms with Crippen molar-refractivity contribution in [3.8, 4) is 5.88 Å². The van der Waals surface area contributed by atoms with E-state index in [-0.39, 0.29) is 18.3 Å². The second-order valence-electron chi connectivity index (χ2n) is 4.48. The predicted octanol–water partition coefficient (Wildman–Crippen LogP) is 0.955. The summed E-state index contributed by atoms with van der Waals surface area (Å²) in [5.41, 5.74) is 0. The van der Waals surface area contributed by atoms with Crippen LogP contribution in [-0.4, -0.2) is 72.6 Å². The molecule has 116 valence electrons. The van der Waals surface area contributed by atoms with Crippen molar-refractivity contribution >= 4 is 23.6 Å². The molecule has 1 saturated heterocycles. The van der Waals surface area contributed by atoms with Gasteiger partial charge in [0.25, 0.3) is 0 Å². The fourth-order valence-electron chi connectivity index (χ4n) is 1.75. The second-order valence-corrected chi connectivity index (χ2v) is 4.87. The van der Waals surface area contributed by atoms with Gasteiger partial charge in [-0.1, -0.05) is 11.6 Å². The molecule has 2 rings (SSSR count). The molecule has 9 heteroatoms. The number of amides is 1. The molecule has 0 bridgehead atoms. The highest BCUT2D eigenvalue weighted by molar-refractivity contribution is 6.29. The van der Waals surface area contributed by atoms with Crippen LogP contribution >= 0.6 is 11.6 Å². The smallest absolute Gasteiger partial charge is 0.407 e. The van der Waals surface area contributed by atoms with E-state index in [2.05, 4.69) is 9.97 Å². The minimum atomic E-state index is -1.01. The van der Waals surface area contributed by atoms with E-state index in [1.165, 1.54) is 13.1 Å². The van der Waals surface area contributed by atoms with Gasteiger partial charge >= 0.3 is 6.09 Å². The quantitative estimate of drug-likeness (QED) is 0.809. The van der Waals surface area contributed by atoms with E-state index >= 15 is 0 Å². The number of hydrogen-bond donors (Lipinski definition) is 1. The number of anilines is 1. The van der Waals surface area contributed by atoms with Crippen LogP contribution in [0.25, 0.3) is 0 Å². The largest absolute Gasteiger partial charge is 0.476 e. The number of morpholine rings is 1. The Morgan fingerprint density at radius 2 is 2.24 bits per heavy atom. The maximum Gasteiger partial charge on any atom is 0.407 e. The van der Waals surface area contributed by atoms with Gasteiger partial charge in [-0.3, -0.25) is 0 Å². The summed E-state index contributed by atoms with van der Waals surface area (Å²) in [6.45, 7) is 3.07. The molecule has 0 saturated carbocycles. The molecule has 1 aliphatic heterocycles. The molecule has 0 unspecified atom stereocenters. The van der Waals surface area contributed by atoms with E-state index in [4.69, 9.17) is 26.2 Å². The van der Waals surface area contributed by atoms with E-state index in [9.17, 15) is 4.79 Å². The molecule has 1 N–H and O–H groups in total. The van der Waals surface area contributed by atoms with Crippen LogP contribution in [0.15, 0.2) is 6.07 Å². The van der Waals surface area contributed by atoms with Crippen molar-refractivity contribution in [2.45, 2.75) is 0 Å². The van der Waals surface area contributed by atoms with Gasteiger partial charge in [-0.2, -0.15) is 4.98 Å². The summed E-state index contributed by atoms with van der Waals surface area (Å²) in [4.78, 5) is 22.2. The van der Waals surface area contributed by atoms with Gasteiger partial charge in [0.05, 0.1) is 19.8 Å². The molecule has 1 aromatic heterocycles. The van der Waals surface area contributed by atoms with E-state index in [0.29, 0.717) is 38.1 Å². The summed E-state index contributed by atoms with van der Waals surface area (Å²) in [5, 5.41) is 9.03. The maximum atomic E-state index is 10.7. The molecule has 0 aliphatic carbocycles. The van der Waals surface area contributed by atoms with E-state index in [1.807, 2.05) is 4.90 Å². The molecule has 1 aromatic rings. The minimum Gasteiger partial charge on any atom is -0.476 e. The van der Waals surface area contributed by atoms with Crippen molar-refractivity contribution in [2.24, 2.45) is 0 Å². The number of carbonyl (C=O) groups is 1. The van der Waals surface area contributed by atoms with E-state index in [0.717, 1.165) is 4.90 Å². The van der Waals surface area contributed by atoms with Crippen LogP contribution in [0.2, 0.25) is 5.15 Å². The summed E-state index contributed by atoms with van der Waals surface area (Å²) < 4.78 is 10.7. The third kappa shape index (κ3) is 4.61. The Morgan fingerprint density at radius 1 is 1.52 bits per heavy atom. The number of carboxylic acid groups (broad SMARTS) is 1. The number of aromatic nitrogens is 2. The van der Waals surface area contributed by atoms with Crippen molar-refractivity contribution in [2.75, 3.05) is 51.4 Å². The summed E-state index contributed by atoms with van der Waals surface area (Å²) in [6.07, 6.45) is -1.01. The Morgan fingerprint density at radius 3 is 2.90 bits per heavy atom. The van der Waals surface area contributed by atoms with Crippen LogP contribution in [-0.2, 0) is 4.74 Å². The van der Waals surface area contributed by atoms with Crippen LogP contribution in [0.5, 0.6) is 5.88 Å². The number of halogens is 1. The lowest BCUT2D eigenvalue weighted by Gasteiger charge is -2.26. The average molecular weight is 317 g/mol. The molecule has 0 aromatic carbocycles. The van der Waals surface area contributed by atoms with Crippen molar-refractivity contribution in [3.63, 3.8) is 0 Å². The first-order valence-electron chi connectivity index (χ1n) is 6.50. The number of likely N-dealkylation sites (N-methyl/N-ethyl adjacent to an activating group) is 1. The Bertz CT molecular complexity index is 496. The fraction of sp³-hybridized carbons (Fsp3) is 0.583. The summed E-state index contributed by atoms with van der Waals surface area (Å²) in [5.74, 6) is 0.822. The number of nitrogens with zero attached hydrogens (tertiary/aromatic N) is 4. The Kier molecular flexibility index (Phi) is 5.40. The van der Waals surface area contributed by atoms with Crippen LogP contribution in [0, 0.1) is 0 Å². The maximum absolute atomic E-state index is 10.7. The lowest BCUT2D eigenvalue weighted by Crippen LogP contribution is -2.37. The van der Waals surface area contributed by atoms with Crippen molar-refractivity contribution in [1.29, 1.82) is 0 Å². The molecular weight excluding hydrogens is 300 g/mol. The van der Waals surface area contributed by atoms with Gasteiger partial charge < -0.3 is 24.4 Å². The zero-order chi connectivity index (χ0) is 15.2. The zero-order valence-corrected chi connectivity index (χ0v) is 12.4. The van der Waals surface area contributed by atoms with Crippen LogP contribution in [0.3, 0.4) is 0 Å². The molecule has 0 spiro atoms. The number of hydrogen-bond acceptors (Lipinski definition) is 6. The molecule has 2 heterocycles. The summed E-state index contributed by atoms with van der Waals surface area (Å²) in [7, 11) is 1.47. The molecule has 0 radical (unpaired) electrons. The molecule has 1 fully saturated rings. The average Bonchev–Trinajstić information content (AvgIpc) is 2.47. The zero-order valence-electron chi connectivity index (χ0n) is 11.7. The first-order valence-corrected chi connectivity index (χ1v) is 6.88. The Labute approximate surface area is 127 Å². The standard InChI is InChI=1S/C12H17ClN4O4/c1-16(12(18)19)2-7-21-10-8-9(13)14-11(15-10)17-3-5-20-6-4-17/h8H,2-7H2,1H3,(H,18,19). The molecule has 1 aliphatic rings. The molecule has 0 atom stereocenters. The van der Waals surface area contributed by atoms with Crippen LogP contribution in [0.1, 0.15) is 0 Å². The van der Waals surface area contributed by atoms with Gasteiger partial charge in [-0.15, -0.1) is 0 Å². The van der Waals surface area contributed by atoms with Crippen molar-refractivity contribution in [1.82, 2.24) is 14.9 Å². The number of rotatable bonds is 5. The van der Waals surface area contributed by atoms with Crippen molar-refractivity contribution in [3.05, 3.63) is 11.2 Å². The topological polar surface area (TPSA) is 88.0 Å². The first kappa shape index (κ1) is 15.6. The normalized spacial score (nSPS) is 14.9. The van der Waals surface area contributed by atoms with Gasteiger partial charge in [0.15, 0.2) is 0 Å². The third-order valence-corrected chi connectivity index (χ3v) is 3.15. The molecule has 21 heavy (non-hydrogen) atoms. The monoisotopic (exact) mass is 316 g/mol. The third-order valence-electron chi connectivity index (χ3n) is 2.96. The molecular formula is C12H17ClN4O4. The van der Waals surface area contributed by atoms with Gasteiger partial charge in [0.2, 0.25) is 11.8 Å². The van der Waals surface area contributed by atoms with Crippen molar-refractivity contribution < 1.29 is 19.4 Å². The van der Waals surface area contributed by atoms with E-state index < -0.39 is 6.09 Å². The minimum absolute atomic E-state index is 0.193. The molecule has 1 amide bonds. The molecule has 8 nitrogen and oxygen atoms in total. The highest BCUT2D eigenvalue weighted by atomic mass is 35.5. The summed E-state index contributed by atoms with van der Waals surface area (Å²) >= 11 is 5.97. The number of ether oxygens (including phenoxy) is 2. The van der Waals surface area contributed by atoms with Crippen LogP contribution < -0.4 is 9.64 Å². The van der Waals surface area contributed by atoms with Gasteiger partial charge in [0, 0.05) is 26.2 Å². The SMILES string of the molecule is CN(CCOc1cc(Cl)nc(N2CCOCC2)n1)C(=O)O. The Hall–Kier alpha value is -1.80. The first-order chi connectivity index (χ1) is 10.1. The Balaban J connectivity index is 1.96. The fourth-order valence-corrected chi connectivity index (χ4v) is 1.92. The lowest BCUT2D eigenvalue weighted by atomic mass is 10.4. The highest BCUT2D eigenvalue weighted by Crippen LogP contribution is 2.19. The van der Waals surface area contributed by atoms with Gasteiger partial charge in [0.1, 0.15) is 11.8 Å². The predicted molar refractivity (Wildman–Crippen MR) is 76.2 cm³/mol. The lowest BCUT2D eigenvalue weighted by molar-refractivity contribution is 0.122. The van der Waals surface area contributed by atoms with Crippen LogP contribution in [0.4, 0.5) is 10.7 Å². The van der Waals surface area contributed by atoms with Gasteiger partial charge in [-0.25, -0.2) is 9.78 Å². The van der Waals surface area contributed by atoms with E-state index in [1.54, 1.807) is 0 Å². The second kappa shape index (κ2) is 7.28. The van der Waals surface area contributed by atoms with Gasteiger partial charge in [-0.05, 0) is 0 Å². The summed E-state index contributed by atoms with van der Waals surface area (Å²) in [6, 6.07) is 1.51. The highest BCUT2D eigenvalue weighted by Gasteiger charge is 2.16.